The summed E-state index contributed by atoms with van der Waals surface area (Å²) in [6.45, 7) is 4.20. The van der Waals surface area contributed by atoms with Gasteiger partial charge in [0, 0.05) is 0 Å². The maximum absolute atomic E-state index is 9.37. The van der Waals surface area contributed by atoms with Gasteiger partial charge in [-0.15, -0.1) is 5.10 Å². The van der Waals surface area contributed by atoms with Crippen molar-refractivity contribution in [3.63, 3.8) is 0 Å². The Balaban J connectivity index is 1.94. The van der Waals surface area contributed by atoms with Crippen molar-refractivity contribution >= 4 is 0 Å². The summed E-state index contributed by atoms with van der Waals surface area (Å²) in [6, 6.07) is 18.8. The van der Waals surface area contributed by atoms with Crippen molar-refractivity contribution in [3.05, 3.63) is 76.6 Å². The van der Waals surface area contributed by atoms with Crippen LogP contribution in [0.15, 0.2) is 48.5 Å². The van der Waals surface area contributed by atoms with E-state index in [0.717, 1.165) is 30.6 Å². The van der Waals surface area contributed by atoms with Crippen molar-refractivity contribution in [2.45, 2.75) is 33.1 Å². The highest BCUT2D eigenvalue weighted by Gasteiger charge is 2.15. The molecule has 120 valence electrons. The van der Waals surface area contributed by atoms with E-state index in [0.29, 0.717) is 5.69 Å². The van der Waals surface area contributed by atoms with Gasteiger partial charge in [0.15, 0.2) is 5.69 Å². The monoisotopic (exact) mass is 316 g/mol. The summed E-state index contributed by atoms with van der Waals surface area (Å²) >= 11 is 0. The van der Waals surface area contributed by atoms with Crippen LogP contribution in [0.3, 0.4) is 0 Å². The van der Waals surface area contributed by atoms with E-state index in [-0.39, 0.29) is 0 Å². The van der Waals surface area contributed by atoms with E-state index in [1.54, 1.807) is 0 Å². The molecule has 3 aromatic rings. The normalized spacial score (nSPS) is 10.5. The van der Waals surface area contributed by atoms with E-state index in [4.69, 9.17) is 0 Å². The summed E-state index contributed by atoms with van der Waals surface area (Å²) in [5.41, 5.74) is 5.99. The Hall–Kier alpha value is -2.93. The Morgan fingerprint density at radius 3 is 2.50 bits per heavy atom. The molecule has 4 heteroatoms. The molecule has 0 atom stereocenters. The molecule has 0 amide bonds. The Kier molecular flexibility index (Phi) is 4.72. The molecule has 0 aliphatic rings. The van der Waals surface area contributed by atoms with Gasteiger partial charge in [-0.05, 0) is 43.4 Å². The minimum absolute atomic E-state index is 0.410. The van der Waals surface area contributed by atoms with Crippen LogP contribution >= 0.6 is 0 Å². The summed E-state index contributed by atoms with van der Waals surface area (Å²) in [4.78, 5) is 0. The van der Waals surface area contributed by atoms with E-state index in [2.05, 4.69) is 60.6 Å². The fourth-order valence-corrected chi connectivity index (χ4v) is 2.84. The number of aromatic nitrogens is 3. The van der Waals surface area contributed by atoms with Gasteiger partial charge in [0.05, 0.1) is 11.4 Å². The van der Waals surface area contributed by atoms with Gasteiger partial charge >= 0.3 is 0 Å². The summed E-state index contributed by atoms with van der Waals surface area (Å²) < 4.78 is 1.82. The van der Waals surface area contributed by atoms with Gasteiger partial charge in [-0.1, -0.05) is 60.2 Å². The molecule has 1 aromatic heterocycles. The van der Waals surface area contributed by atoms with Crippen molar-refractivity contribution in [3.8, 4) is 11.8 Å². The molecule has 0 aliphatic carbocycles. The third-order valence-electron chi connectivity index (χ3n) is 4.24. The van der Waals surface area contributed by atoms with Crippen LogP contribution in [0, 0.1) is 18.3 Å². The zero-order chi connectivity index (χ0) is 16.9. The molecule has 0 fully saturated rings. The van der Waals surface area contributed by atoms with E-state index in [1.807, 2.05) is 22.9 Å². The lowest BCUT2D eigenvalue weighted by molar-refractivity contribution is 0.744. The third-order valence-corrected chi connectivity index (χ3v) is 4.24. The molecule has 0 bridgehead atoms. The lowest BCUT2D eigenvalue weighted by Crippen LogP contribution is -2.07. The first kappa shape index (κ1) is 15.9. The van der Waals surface area contributed by atoms with E-state index < -0.39 is 0 Å². The highest BCUT2D eigenvalue weighted by molar-refractivity contribution is 5.43. The number of para-hydroxylation sites is 1. The summed E-state index contributed by atoms with van der Waals surface area (Å²) in [6.07, 6.45) is 2.50. The van der Waals surface area contributed by atoms with Crippen LogP contribution in [0.1, 0.15) is 35.0 Å². The Morgan fingerprint density at radius 2 is 1.79 bits per heavy atom. The second-order valence-electron chi connectivity index (χ2n) is 5.88. The van der Waals surface area contributed by atoms with Crippen molar-refractivity contribution in [2.24, 2.45) is 0 Å². The molecule has 0 spiro atoms. The maximum Gasteiger partial charge on any atom is 0.186 e. The first-order valence-electron chi connectivity index (χ1n) is 8.21. The number of nitrogens with zero attached hydrogens (tertiary/aromatic N) is 4. The largest absolute Gasteiger partial charge is 0.216 e. The average molecular weight is 316 g/mol. The average Bonchev–Trinajstić information content (AvgIpc) is 3.04. The minimum Gasteiger partial charge on any atom is -0.216 e. The summed E-state index contributed by atoms with van der Waals surface area (Å²) in [7, 11) is 0. The number of rotatable bonds is 5. The third kappa shape index (κ3) is 3.21. The first-order valence-corrected chi connectivity index (χ1v) is 8.21. The molecule has 3 rings (SSSR count). The molecule has 4 nitrogen and oxygen atoms in total. The quantitative estimate of drug-likeness (QED) is 0.719. The molecule has 2 aromatic carbocycles. The van der Waals surface area contributed by atoms with Gasteiger partial charge in [-0.3, -0.25) is 0 Å². The van der Waals surface area contributed by atoms with Crippen LogP contribution in [0.4, 0.5) is 0 Å². The zero-order valence-electron chi connectivity index (χ0n) is 14.0. The fraction of sp³-hybridized carbons (Fsp3) is 0.250. The SMILES string of the molecule is CCc1ccccc1-n1nnc(C#N)c1CCc1ccc(C)cc1. The van der Waals surface area contributed by atoms with Crippen LogP contribution in [0.25, 0.3) is 5.69 Å². The smallest absolute Gasteiger partial charge is 0.186 e. The number of hydrogen-bond acceptors (Lipinski definition) is 3. The van der Waals surface area contributed by atoms with Gasteiger partial charge in [0.1, 0.15) is 6.07 Å². The molecular weight excluding hydrogens is 296 g/mol. The standard InChI is InChI=1S/C20H20N4/c1-3-17-6-4-5-7-19(17)24-20(18(14-21)22-23-24)13-12-16-10-8-15(2)9-11-16/h4-11H,3,12-13H2,1-2H3. The zero-order valence-corrected chi connectivity index (χ0v) is 14.0. The number of benzene rings is 2. The maximum atomic E-state index is 9.37. The van der Waals surface area contributed by atoms with Crippen molar-refractivity contribution in [1.29, 1.82) is 5.26 Å². The predicted octanol–water partition coefficient (Wildman–Crippen LogP) is 3.80. The molecule has 1 heterocycles. The first-order chi connectivity index (χ1) is 11.7. The van der Waals surface area contributed by atoms with Crippen molar-refractivity contribution < 1.29 is 0 Å². The topological polar surface area (TPSA) is 54.5 Å². The summed E-state index contributed by atoms with van der Waals surface area (Å²) in [5.74, 6) is 0. The van der Waals surface area contributed by atoms with E-state index in [9.17, 15) is 5.26 Å². The van der Waals surface area contributed by atoms with E-state index in [1.165, 1.54) is 16.7 Å². The van der Waals surface area contributed by atoms with Crippen LogP contribution in [-0.2, 0) is 19.3 Å². The van der Waals surface area contributed by atoms with Crippen molar-refractivity contribution in [1.82, 2.24) is 15.0 Å². The molecule has 0 saturated carbocycles. The van der Waals surface area contributed by atoms with Crippen molar-refractivity contribution in [2.75, 3.05) is 0 Å². The van der Waals surface area contributed by atoms with Crippen LogP contribution < -0.4 is 0 Å². The molecule has 0 N–H and O–H groups in total. The minimum atomic E-state index is 0.410. The number of hydrogen-bond donors (Lipinski definition) is 0. The van der Waals surface area contributed by atoms with Gasteiger partial charge in [0.2, 0.25) is 0 Å². The van der Waals surface area contributed by atoms with Gasteiger partial charge < -0.3 is 0 Å². The molecule has 0 unspecified atom stereocenters. The molecule has 0 saturated heterocycles. The fourth-order valence-electron chi connectivity index (χ4n) is 2.84. The van der Waals surface area contributed by atoms with Gasteiger partial charge in [-0.2, -0.15) is 5.26 Å². The van der Waals surface area contributed by atoms with Gasteiger partial charge in [0.25, 0.3) is 0 Å². The lowest BCUT2D eigenvalue weighted by atomic mass is 10.0. The molecule has 0 aliphatic heterocycles. The Bertz CT molecular complexity index is 869. The molecular formula is C20H20N4. The Morgan fingerprint density at radius 1 is 1.04 bits per heavy atom. The Labute approximate surface area is 142 Å². The van der Waals surface area contributed by atoms with Crippen LogP contribution in [0.5, 0.6) is 0 Å². The highest BCUT2D eigenvalue weighted by Crippen LogP contribution is 2.19. The van der Waals surface area contributed by atoms with Crippen LogP contribution in [-0.4, -0.2) is 15.0 Å². The van der Waals surface area contributed by atoms with Crippen LogP contribution in [0.2, 0.25) is 0 Å². The van der Waals surface area contributed by atoms with E-state index >= 15 is 0 Å². The molecule has 0 radical (unpaired) electrons. The van der Waals surface area contributed by atoms with Gasteiger partial charge in [-0.25, -0.2) is 4.68 Å². The lowest BCUT2D eigenvalue weighted by Gasteiger charge is -2.10. The number of aryl methyl sites for hydroxylation is 3. The molecule has 24 heavy (non-hydrogen) atoms. The second kappa shape index (κ2) is 7.10. The highest BCUT2D eigenvalue weighted by atomic mass is 15.4. The summed E-state index contributed by atoms with van der Waals surface area (Å²) in [5, 5.41) is 17.7. The number of nitriles is 1. The predicted molar refractivity (Wildman–Crippen MR) is 94.0 cm³/mol. The second-order valence-corrected chi connectivity index (χ2v) is 5.88.